The molecular formula is C17H19N3O2. The summed E-state index contributed by atoms with van der Waals surface area (Å²) in [6, 6.07) is 11.5. The topological polar surface area (TPSA) is 64.0 Å². The van der Waals surface area contributed by atoms with Crippen LogP contribution in [0.15, 0.2) is 41.2 Å². The van der Waals surface area contributed by atoms with Crippen molar-refractivity contribution in [3.8, 4) is 0 Å². The van der Waals surface area contributed by atoms with Crippen LogP contribution in [0.1, 0.15) is 23.2 Å². The summed E-state index contributed by atoms with van der Waals surface area (Å²) in [5.41, 5.74) is 2.81. The molecule has 0 fully saturated rings. The summed E-state index contributed by atoms with van der Waals surface area (Å²) >= 11 is 0. The molecule has 1 heterocycles. The van der Waals surface area contributed by atoms with Crippen LogP contribution in [0.5, 0.6) is 0 Å². The van der Waals surface area contributed by atoms with Gasteiger partial charge in [0, 0.05) is 25.6 Å². The van der Waals surface area contributed by atoms with E-state index in [1.807, 2.05) is 30.3 Å². The molecule has 1 N–H and O–H groups in total. The smallest absolute Gasteiger partial charge is 0.266 e. The number of hydrogen-bond acceptors (Lipinski definition) is 3. The zero-order valence-electron chi connectivity index (χ0n) is 12.6. The Bertz CT molecular complexity index is 737. The molecule has 1 aliphatic rings. The minimum absolute atomic E-state index is 0.0511. The van der Waals surface area contributed by atoms with E-state index in [1.165, 1.54) is 4.68 Å². The van der Waals surface area contributed by atoms with Crippen molar-refractivity contribution in [1.82, 2.24) is 15.1 Å². The summed E-state index contributed by atoms with van der Waals surface area (Å²) in [6.07, 6.45) is 2.12. The first-order valence-corrected chi connectivity index (χ1v) is 7.51. The van der Waals surface area contributed by atoms with Crippen molar-refractivity contribution in [2.24, 2.45) is 13.0 Å². The lowest BCUT2D eigenvalue weighted by Crippen LogP contribution is -2.35. The summed E-state index contributed by atoms with van der Waals surface area (Å²) in [6.45, 7) is 0.540. The number of amides is 1. The molecule has 1 aliphatic carbocycles. The van der Waals surface area contributed by atoms with Gasteiger partial charge in [-0.2, -0.15) is 5.10 Å². The fourth-order valence-electron chi connectivity index (χ4n) is 2.84. The summed E-state index contributed by atoms with van der Waals surface area (Å²) in [5, 5.41) is 7.26. The lowest BCUT2D eigenvalue weighted by atomic mass is 9.86. The molecule has 1 aromatic heterocycles. The first kappa shape index (κ1) is 14.5. The molecule has 0 saturated heterocycles. The maximum atomic E-state index is 12.3. The van der Waals surface area contributed by atoms with Gasteiger partial charge in [0.25, 0.3) is 5.56 Å². The molecule has 3 rings (SSSR count). The first-order chi connectivity index (χ1) is 10.6. The van der Waals surface area contributed by atoms with Crippen molar-refractivity contribution in [2.45, 2.75) is 25.8 Å². The van der Waals surface area contributed by atoms with E-state index in [1.54, 1.807) is 13.1 Å². The standard InChI is InChI=1S/C17H19N3O2/c1-20-16(21)10-14-9-13(7-8-15(14)19-20)17(22)18-11-12-5-3-2-4-6-12/h2-6,10,13H,7-9,11H2,1H3,(H,18,22)/t13-/m1/s1. The zero-order valence-corrected chi connectivity index (χ0v) is 12.6. The first-order valence-electron chi connectivity index (χ1n) is 7.51. The quantitative estimate of drug-likeness (QED) is 0.926. The van der Waals surface area contributed by atoms with E-state index in [2.05, 4.69) is 10.4 Å². The Morgan fingerprint density at radius 3 is 2.91 bits per heavy atom. The number of carbonyl (C=O) groups is 1. The van der Waals surface area contributed by atoms with Crippen LogP contribution < -0.4 is 10.9 Å². The SMILES string of the molecule is Cn1nc2c(cc1=O)C[C@H](C(=O)NCc1ccccc1)CC2. The average Bonchev–Trinajstić information content (AvgIpc) is 2.54. The van der Waals surface area contributed by atoms with E-state index >= 15 is 0 Å². The van der Waals surface area contributed by atoms with Gasteiger partial charge in [-0.05, 0) is 30.4 Å². The predicted molar refractivity (Wildman–Crippen MR) is 83.3 cm³/mol. The van der Waals surface area contributed by atoms with Crippen LogP contribution in [-0.2, 0) is 31.2 Å². The molecule has 5 nitrogen and oxygen atoms in total. The number of aromatic nitrogens is 2. The second-order valence-corrected chi connectivity index (χ2v) is 5.72. The number of nitrogens with zero attached hydrogens (tertiary/aromatic N) is 2. The number of aryl methyl sites for hydroxylation is 2. The fraction of sp³-hybridized carbons (Fsp3) is 0.353. The molecule has 5 heteroatoms. The number of nitrogens with one attached hydrogen (secondary N) is 1. The fourth-order valence-corrected chi connectivity index (χ4v) is 2.84. The monoisotopic (exact) mass is 297 g/mol. The van der Waals surface area contributed by atoms with Gasteiger partial charge in [-0.1, -0.05) is 30.3 Å². The van der Waals surface area contributed by atoms with Crippen molar-refractivity contribution in [2.75, 3.05) is 0 Å². The van der Waals surface area contributed by atoms with Gasteiger partial charge in [0.05, 0.1) is 5.69 Å². The third-order valence-corrected chi connectivity index (χ3v) is 4.13. The molecule has 1 atom stereocenters. The van der Waals surface area contributed by atoms with Crippen LogP contribution in [-0.4, -0.2) is 15.7 Å². The molecule has 0 aliphatic heterocycles. The van der Waals surface area contributed by atoms with E-state index < -0.39 is 0 Å². The molecule has 2 aromatic rings. The zero-order chi connectivity index (χ0) is 15.5. The van der Waals surface area contributed by atoms with E-state index in [4.69, 9.17) is 0 Å². The Labute approximate surface area is 129 Å². The van der Waals surface area contributed by atoms with E-state index in [0.29, 0.717) is 13.0 Å². The molecule has 0 saturated carbocycles. The van der Waals surface area contributed by atoms with Gasteiger partial charge in [-0.15, -0.1) is 0 Å². The summed E-state index contributed by atoms with van der Waals surface area (Å²) in [5.74, 6) is -0.0275. The Hall–Kier alpha value is -2.43. The predicted octanol–water partition coefficient (Wildman–Crippen LogP) is 1.20. The normalized spacial score (nSPS) is 16.9. The number of hydrogen-bond donors (Lipinski definition) is 1. The largest absolute Gasteiger partial charge is 0.352 e. The van der Waals surface area contributed by atoms with Gasteiger partial charge in [-0.3, -0.25) is 9.59 Å². The molecule has 22 heavy (non-hydrogen) atoms. The van der Waals surface area contributed by atoms with Gasteiger partial charge < -0.3 is 5.32 Å². The van der Waals surface area contributed by atoms with E-state index in [9.17, 15) is 9.59 Å². The van der Waals surface area contributed by atoms with E-state index in [-0.39, 0.29) is 17.4 Å². The van der Waals surface area contributed by atoms with Gasteiger partial charge in [0.1, 0.15) is 0 Å². The number of benzene rings is 1. The minimum Gasteiger partial charge on any atom is -0.352 e. The minimum atomic E-state index is -0.121. The van der Waals surface area contributed by atoms with E-state index in [0.717, 1.165) is 29.7 Å². The van der Waals surface area contributed by atoms with Crippen molar-refractivity contribution in [3.05, 3.63) is 63.6 Å². The summed E-state index contributed by atoms with van der Waals surface area (Å²) in [4.78, 5) is 24.0. The Morgan fingerprint density at radius 2 is 2.14 bits per heavy atom. The Morgan fingerprint density at radius 1 is 1.36 bits per heavy atom. The third-order valence-electron chi connectivity index (χ3n) is 4.13. The summed E-state index contributed by atoms with van der Waals surface area (Å²) in [7, 11) is 1.65. The van der Waals surface area contributed by atoms with Gasteiger partial charge in [0.15, 0.2) is 0 Å². The lowest BCUT2D eigenvalue weighted by molar-refractivity contribution is -0.125. The highest BCUT2D eigenvalue weighted by atomic mass is 16.2. The highest BCUT2D eigenvalue weighted by Crippen LogP contribution is 2.23. The highest BCUT2D eigenvalue weighted by molar-refractivity contribution is 5.79. The van der Waals surface area contributed by atoms with Gasteiger partial charge >= 0.3 is 0 Å². The molecule has 0 bridgehead atoms. The third kappa shape index (κ3) is 3.08. The number of carbonyl (C=O) groups excluding carboxylic acids is 1. The second-order valence-electron chi connectivity index (χ2n) is 5.72. The molecule has 0 spiro atoms. The van der Waals surface area contributed by atoms with Crippen LogP contribution in [0.2, 0.25) is 0 Å². The Kier molecular flexibility index (Phi) is 4.04. The molecular weight excluding hydrogens is 278 g/mol. The van der Waals surface area contributed by atoms with Crippen LogP contribution in [0.25, 0.3) is 0 Å². The van der Waals surface area contributed by atoms with Gasteiger partial charge in [-0.25, -0.2) is 4.68 Å². The molecule has 0 unspecified atom stereocenters. The van der Waals surface area contributed by atoms with Gasteiger partial charge in [0.2, 0.25) is 5.91 Å². The number of fused-ring (bicyclic) bond motifs is 1. The molecule has 1 aromatic carbocycles. The second kappa shape index (κ2) is 6.13. The van der Waals surface area contributed by atoms with Crippen molar-refractivity contribution < 1.29 is 4.79 Å². The van der Waals surface area contributed by atoms with Crippen LogP contribution >= 0.6 is 0 Å². The Balaban J connectivity index is 1.65. The van der Waals surface area contributed by atoms with Crippen molar-refractivity contribution in [3.63, 3.8) is 0 Å². The van der Waals surface area contributed by atoms with Crippen molar-refractivity contribution in [1.29, 1.82) is 0 Å². The van der Waals surface area contributed by atoms with Crippen LogP contribution in [0.3, 0.4) is 0 Å². The number of rotatable bonds is 3. The average molecular weight is 297 g/mol. The van der Waals surface area contributed by atoms with Crippen molar-refractivity contribution >= 4 is 5.91 Å². The lowest BCUT2D eigenvalue weighted by Gasteiger charge is -2.23. The summed E-state index contributed by atoms with van der Waals surface area (Å²) < 4.78 is 1.36. The maximum absolute atomic E-state index is 12.3. The molecule has 0 radical (unpaired) electrons. The maximum Gasteiger partial charge on any atom is 0.266 e. The highest BCUT2D eigenvalue weighted by Gasteiger charge is 2.26. The van der Waals surface area contributed by atoms with Crippen LogP contribution in [0.4, 0.5) is 0 Å². The molecule has 1 amide bonds. The molecule has 114 valence electrons. The van der Waals surface area contributed by atoms with Crippen LogP contribution in [0, 0.1) is 5.92 Å².